The number of halogens is 2. The molecular formula is C19H19Cl2NO4. The first kappa shape index (κ1) is 20.1. The van der Waals surface area contributed by atoms with Gasteiger partial charge in [-0.1, -0.05) is 48.3 Å². The molecule has 26 heavy (non-hydrogen) atoms. The summed E-state index contributed by atoms with van der Waals surface area (Å²) in [5.74, 6) is -0.545. The molecular weight excluding hydrogens is 377 g/mol. The van der Waals surface area contributed by atoms with Crippen LogP contribution in [-0.4, -0.2) is 24.1 Å². The highest BCUT2D eigenvalue weighted by molar-refractivity contribution is 6.35. The Morgan fingerprint density at radius 2 is 1.69 bits per heavy atom. The molecule has 2 atom stereocenters. The molecule has 0 aromatic heterocycles. The molecule has 1 amide bonds. The van der Waals surface area contributed by atoms with Crippen molar-refractivity contribution < 1.29 is 19.1 Å². The molecule has 0 saturated heterocycles. The average molecular weight is 396 g/mol. The van der Waals surface area contributed by atoms with E-state index in [9.17, 15) is 9.59 Å². The molecule has 0 unspecified atom stereocenters. The number of nitrogens with one attached hydrogen (secondary N) is 1. The van der Waals surface area contributed by atoms with Crippen LogP contribution in [0.4, 0.5) is 5.69 Å². The van der Waals surface area contributed by atoms with Crippen LogP contribution in [0.15, 0.2) is 48.5 Å². The first-order valence-corrected chi connectivity index (χ1v) is 8.83. The average Bonchev–Trinajstić information content (AvgIpc) is 2.59. The maximum absolute atomic E-state index is 12.3. The quantitative estimate of drug-likeness (QED) is 0.688. The van der Waals surface area contributed by atoms with Gasteiger partial charge in [-0.2, -0.15) is 0 Å². The van der Waals surface area contributed by atoms with Gasteiger partial charge in [-0.05, 0) is 43.7 Å². The number of hydrogen-bond donors (Lipinski definition) is 1. The maximum Gasteiger partial charge on any atom is 0.348 e. The SMILES string of the molecule is CC[C@H](Oc1ccccc1)C(=O)O[C@H](C)C(=O)Nc1cc(Cl)cc(Cl)c1. The summed E-state index contributed by atoms with van der Waals surface area (Å²) in [5.41, 5.74) is 0.419. The van der Waals surface area contributed by atoms with Crippen LogP contribution in [0.25, 0.3) is 0 Å². The molecule has 0 saturated carbocycles. The maximum atomic E-state index is 12.3. The third-order valence-corrected chi connectivity index (χ3v) is 3.88. The summed E-state index contributed by atoms with van der Waals surface area (Å²) in [6.07, 6.45) is -1.40. The number of carbonyl (C=O) groups excluding carboxylic acids is 2. The highest BCUT2D eigenvalue weighted by Gasteiger charge is 2.25. The van der Waals surface area contributed by atoms with Crippen molar-refractivity contribution in [3.05, 3.63) is 58.6 Å². The van der Waals surface area contributed by atoms with Gasteiger partial charge >= 0.3 is 5.97 Å². The molecule has 0 aliphatic carbocycles. The predicted molar refractivity (Wildman–Crippen MR) is 102 cm³/mol. The van der Waals surface area contributed by atoms with Gasteiger partial charge in [-0.25, -0.2) is 4.79 Å². The summed E-state index contributed by atoms with van der Waals surface area (Å²) < 4.78 is 10.8. The lowest BCUT2D eigenvalue weighted by Crippen LogP contribution is -2.36. The topological polar surface area (TPSA) is 64.6 Å². The lowest BCUT2D eigenvalue weighted by atomic mass is 10.2. The lowest BCUT2D eigenvalue weighted by Gasteiger charge is -2.19. The molecule has 0 fully saturated rings. The van der Waals surface area contributed by atoms with E-state index >= 15 is 0 Å². The Kier molecular flexibility index (Phi) is 7.30. The van der Waals surface area contributed by atoms with Crippen molar-refractivity contribution in [3.8, 4) is 5.75 Å². The zero-order valence-electron chi connectivity index (χ0n) is 14.4. The Morgan fingerprint density at radius 3 is 2.27 bits per heavy atom. The van der Waals surface area contributed by atoms with Crippen LogP contribution in [0.1, 0.15) is 20.3 Å². The Balaban J connectivity index is 1.94. The summed E-state index contributed by atoms with van der Waals surface area (Å²) in [6.45, 7) is 3.28. The number of benzene rings is 2. The number of carbonyl (C=O) groups is 2. The lowest BCUT2D eigenvalue weighted by molar-refractivity contribution is -0.160. The van der Waals surface area contributed by atoms with E-state index in [0.717, 1.165) is 0 Å². The molecule has 2 rings (SSSR count). The Bertz CT molecular complexity index is 747. The fourth-order valence-electron chi connectivity index (χ4n) is 2.13. The van der Waals surface area contributed by atoms with E-state index in [-0.39, 0.29) is 0 Å². The van der Waals surface area contributed by atoms with E-state index < -0.39 is 24.1 Å². The number of anilines is 1. The van der Waals surface area contributed by atoms with Gasteiger partial charge in [0.15, 0.2) is 12.2 Å². The van der Waals surface area contributed by atoms with Crippen molar-refractivity contribution in [1.29, 1.82) is 0 Å². The van der Waals surface area contributed by atoms with Crippen molar-refractivity contribution in [3.63, 3.8) is 0 Å². The van der Waals surface area contributed by atoms with Gasteiger partial charge in [0.2, 0.25) is 0 Å². The van der Waals surface area contributed by atoms with Gasteiger partial charge < -0.3 is 14.8 Å². The molecule has 0 bridgehead atoms. The fraction of sp³-hybridized carbons (Fsp3) is 0.263. The van der Waals surface area contributed by atoms with Crippen LogP contribution in [0.3, 0.4) is 0 Å². The first-order chi connectivity index (χ1) is 12.4. The van der Waals surface area contributed by atoms with Gasteiger partial charge in [-0.15, -0.1) is 0 Å². The van der Waals surface area contributed by atoms with Gasteiger partial charge in [0, 0.05) is 15.7 Å². The molecule has 7 heteroatoms. The summed E-state index contributed by atoms with van der Waals surface area (Å²) in [7, 11) is 0. The van der Waals surface area contributed by atoms with Crippen molar-refractivity contribution in [1.82, 2.24) is 0 Å². The van der Waals surface area contributed by atoms with Gasteiger partial charge in [-0.3, -0.25) is 4.79 Å². The molecule has 2 aromatic carbocycles. The Hall–Kier alpha value is -2.24. The van der Waals surface area contributed by atoms with Gasteiger partial charge in [0.1, 0.15) is 5.75 Å². The number of hydrogen-bond acceptors (Lipinski definition) is 4. The van der Waals surface area contributed by atoms with Gasteiger partial charge in [0.05, 0.1) is 0 Å². The van der Waals surface area contributed by atoms with E-state index in [1.54, 1.807) is 49.4 Å². The third kappa shape index (κ3) is 5.93. The molecule has 0 aliphatic heterocycles. The Labute approximate surface area is 162 Å². The van der Waals surface area contributed by atoms with E-state index in [4.69, 9.17) is 32.7 Å². The van der Waals surface area contributed by atoms with Crippen LogP contribution >= 0.6 is 23.2 Å². The van der Waals surface area contributed by atoms with E-state index in [1.807, 2.05) is 6.07 Å². The zero-order chi connectivity index (χ0) is 19.1. The minimum absolute atomic E-state index is 0.389. The predicted octanol–water partition coefficient (Wildman–Crippen LogP) is 4.72. The molecule has 0 radical (unpaired) electrons. The van der Waals surface area contributed by atoms with Crippen LogP contribution in [0.5, 0.6) is 5.75 Å². The monoisotopic (exact) mass is 395 g/mol. The second kappa shape index (κ2) is 9.46. The molecule has 0 aliphatic rings. The number of ether oxygens (including phenoxy) is 2. The third-order valence-electron chi connectivity index (χ3n) is 3.45. The summed E-state index contributed by atoms with van der Waals surface area (Å²) in [5, 5.41) is 3.39. The van der Waals surface area contributed by atoms with E-state index in [2.05, 4.69) is 5.32 Å². The highest BCUT2D eigenvalue weighted by Crippen LogP contribution is 2.22. The molecule has 5 nitrogen and oxygen atoms in total. The summed E-state index contributed by atoms with van der Waals surface area (Å²) in [6, 6.07) is 13.6. The van der Waals surface area contributed by atoms with Crippen LogP contribution in [0.2, 0.25) is 10.0 Å². The number of amides is 1. The highest BCUT2D eigenvalue weighted by atomic mass is 35.5. The van der Waals surface area contributed by atoms with Crippen molar-refractivity contribution in [2.45, 2.75) is 32.5 Å². The van der Waals surface area contributed by atoms with E-state index in [1.165, 1.54) is 6.92 Å². The van der Waals surface area contributed by atoms with Crippen molar-refractivity contribution in [2.24, 2.45) is 0 Å². The first-order valence-electron chi connectivity index (χ1n) is 8.08. The molecule has 1 N–H and O–H groups in total. The normalized spacial score (nSPS) is 12.8. The Morgan fingerprint density at radius 1 is 1.08 bits per heavy atom. The van der Waals surface area contributed by atoms with Gasteiger partial charge in [0.25, 0.3) is 5.91 Å². The second-order valence-corrected chi connectivity index (χ2v) is 6.43. The minimum Gasteiger partial charge on any atom is -0.479 e. The minimum atomic E-state index is -1.01. The molecule has 138 valence electrons. The van der Waals surface area contributed by atoms with Crippen molar-refractivity contribution >= 4 is 40.8 Å². The molecule has 2 aromatic rings. The standard InChI is InChI=1S/C19H19Cl2NO4/c1-3-17(26-16-7-5-4-6-8-16)19(24)25-12(2)18(23)22-15-10-13(20)9-14(21)11-15/h4-12,17H,3H2,1-2H3,(H,22,23)/t12-,17+/m1/s1. The van der Waals surface area contributed by atoms with Crippen LogP contribution < -0.4 is 10.1 Å². The second-order valence-electron chi connectivity index (χ2n) is 5.55. The largest absolute Gasteiger partial charge is 0.479 e. The number of rotatable bonds is 7. The molecule has 0 heterocycles. The zero-order valence-corrected chi connectivity index (χ0v) is 15.9. The fourth-order valence-corrected chi connectivity index (χ4v) is 2.66. The summed E-state index contributed by atoms with van der Waals surface area (Å²) >= 11 is 11.8. The van der Waals surface area contributed by atoms with Crippen molar-refractivity contribution in [2.75, 3.05) is 5.32 Å². The van der Waals surface area contributed by atoms with Crippen LogP contribution in [-0.2, 0) is 14.3 Å². The summed E-state index contributed by atoms with van der Waals surface area (Å²) in [4.78, 5) is 24.5. The smallest absolute Gasteiger partial charge is 0.348 e. The van der Waals surface area contributed by atoms with E-state index in [0.29, 0.717) is 27.9 Å². The number of esters is 1. The molecule has 0 spiro atoms. The van der Waals surface area contributed by atoms with Crippen LogP contribution in [0, 0.1) is 0 Å². The number of para-hydroxylation sites is 1.